The van der Waals surface area contributed by atoms with Crippen LogP contribution < -0.4 is 0 Å². The molecule has 0 aliphatic carbocycles. The number of amides is 1. The zero-order chi connectivity index (χ0) is 18.2. The summed E-state index contributed by atoms with van der Waals surface area (Å²) in [6, 6.07) is 10.2. The van der Waals surface area contributed by atoms with Crippen molar-refractivity contribution in [3.63, 3.8) is 0 Å². The normalized spacial score (nSPS) is 18.3. The third-order valence-electron chi connectivity index (χ3n) is 4.87. The van der Waals surface area contributed by atoms with Gasteiger partial charge in [0.1, 0.15) is 0 Å². The Bertz CT molecular complexity index is 559. The van der Waals surface area contributed by atoms with Gasteiger partial charge in [-0.3, -0.25) is 14.5 Å². The Hall–Kier alpha value is -1.88. The van der Waals surface area contributed by atoms with Crippen molar-refractivity contribution in [2.24, 2.45) is 5.92 Å². The van der Waals surface area contributed by atoms with Gasteiger partial charge in [0.15, 0.2) is 0 Å². The number of carbonyl (C=O) groups is 2. The monoisotopic (exact) mass is 346 g/mol. The minimum absolute atomic E-state index is 0.151. The number of carbonyl (C=O) groups excluding carboxylic acids is 1. The summed E-state index contributed by atoms with van der Waals surface area (Å²) in [5.41, 5.74) is 1.14. The fourth-order valence-corrected chi connectivity index (χ4v) is 3.48. The predicted octanol–water partition coefficient (Wildman–Crippen LogP) is 3.00. The summed E-state index contributed by atoms with van der Waals surface area (Å²) in [6.45, 7) is 6.91. The Morgan fingerprint density at radius 3 is 2.64 bits per heavy atom. The molecule has 0 bridgehead atoms. The average molecular weight is 346 g/mol. The van der Waals surface area contributed by atoms with E-state index in [1.54, 1.807) is 0 Å². The third-order valence-corrected chi connectivity index (χ3v) is 4.87. The minimum atomic E-state index is -0.734. The van der Waals surface area contributed by atoms with Crippen LogP contribution in [0.15, 0.2) is 30.3 Å². The second kappa shape index (κ2) is 9.56. The summed E-state index contributed by atoms with van der Waals surface area (Å²) in [5.74, 6) is -0.195. The van der Waals surface area contributed by atoms with Crippen molar-refractivity contribution in [1.29, 1.82) is 0 Å². The first kappa shape index (κ1) is 19.4. The van der Waals surface area contributed by atoms with Gasteiger partial charge in [-0.2, -0.15) is 0 Å². The maximum absolute atomic E-state index is 12.8. The highest BCUT2D eigenvalue weighted by molar-refractivity contribution is 5.78. The fourth-order valence-electron chi connectivity index (χ4n) is 3.48. The number of benzene rings is 1. The molecule has 1 aromatic rings. The second-order valence-corrected chi connectivity index (χ2v) is 7.28. The smallest absolute Gasteiger partial charge is 0.303 e. The molecular weight excluding hydrogens is 316 g/mol. The molecule has 1 fully saturated rings. The van der Waals surface area contributed by atoms with E-state index in [4.69, 9.17) is 5.11 Å². The molecule has 0 radical (unpaired) electrons. The summed E-state index contributed by atoms with van der Waals surface area (Å²) >= 11 is 0. The molecule has 5 heteroatoms. The Balaban J connectivity index is 1.90. The molecule has 1 amide bonds. The van der Waals surface area contributed by atoms with Crippen LogP contribution in [0.1, 0.15) is 45.1 Å². The molecular formula is C20H30N2O3. The van der Waals surface area contributed by atoms with Gasteiger partial charge in [0.25, 0.3) is 0 Å². The van der Waals surface area contributed by atoms with E-state index in [9.17, 15) is 9.59 Å². The highest BCUT2D eigenvalue weighted by Gasteiger charge is 2.25. The van der Waals surface area contributed by atoms with E-state index in [1.807, 2.05) is 49.1 Å². The molecule has 1 atom stereocenters. The number of aliphatic carboxylic acids is 1. The van der Waals surface area contributed by atoms with Gasteiger partial charge in [0.05, 0.1) is 6.54 Å². The van der Waals surface area contributed by atoms with E-state index in [0.717, 1.165) is 31.5 Å². The summed E-state index contributed by atoms with van der Waals surface area (Å²) in [6.07, 6.45) is 3.03. The topological polar surface area (TPSA) is 60.9 Å². The fraction of sp³-hybridized carbons (Fsp3) is 0.600. The molecule has 1 N–H and O–H groups in total. The van der Waals surface area contributed by atoms with Crippen LogP contribution in [-0.4, -0.2) is 52.5 Å². The van der Waals surface area contributed by atoms with Gasteiger partial charge in [-0.15, -0.1) is 0 Å². The van der Waals surface area contributed by atoms with Crippen LogP contribution >= 0.6 is 0 Å². The maximum Gasteiger partial charge on any atom is 0.303 e. The van der Waals surface area contributed by atoms with Crippen LogP contribution in [0.5, 0.6) is 0 Å². The first-order chi connectivity index (χ1) is 12.0. The van der Waals surface area contributed by atoms with Crippen molar-refractivity contribution in [3.8, 4) is 0 Å². The standard InChI is InChI=1S/C20H30N2O3/c1-16(2)22(14-17-7-4-3-5-8-17)19(23)15-21-12-6-9-18(13-21)10-11-20(24)25/h3-5,7-8,16,18H,6,9-15H2,1-2H3,(H,24,25). The Kier molecular flexibility index (Phi) is 7.44. The lowest BCUT2D eigenvalue weighted by molar-refractivity contribution is -0.138. The number of carboxylic acid groups (broad SMARTS) is 1. The first-order valence-electron chi connectivity index (χ1n) is 9.23. The number of rotatable bonds is 8. The highest BCUT2D eigenvalue weighted by Crippen LogP contribution is 2.21. The Morgan fingerprint density at radius 1 is 1.28 bits per heavy atom. The van der Waals surface area contributed by atoms with Gasteiger partial charge in [-0.1, -0.05) is 30.3 Å². The molecule has 5 nitrogen and oxygen atoms in total. The van der Waals surface area contributed by atoms with E-state index in [1.165, 1.54) is 0 Å². The molecule has 1 aromatic carbocycles. The van der Waals surface area contributed by atoms with Gasteiger partial charge in [-0.25, -0.2) is 0 Å². The summed E-state index contributed by atoms with van der Waals surface area (Å²) < 4.78 is 0. The van der Waals surface area contributed by atoms with E-state index >= 15 is 0 Å². The molecule has 1 unspecified atom stereocenters. The van der Waals surface area contributed by atoms with Crippen molar-refractivity contribution in [2.75, 3.05) is 19.6 Å². The second-order valence-electron chi connectivity index (χ2n) is 7.28. The molecule has 1 aliphatic rings. The molecule has 138 valence electrons. The van der Waals surface area contributed by atoms with Gasteiger partial charge in [0.2, 0.25) is 5.91 Å². The number of carboxylic acids is 1. The Labute approximate surface area is 150 Å². The third kappa shape index (κ3) is 6.50. The highest BCUT2D eigenvalue weighted by atomic mass is 16.4. The zero-order valence-electron chi connectivity index (χ0n) is 15.4. The number of hydrogen-bond acceptors (Lipinski definition) is 3. The number of likely N-dealkylation sites (tertiary alicyclic amines) is 1. The van der Waals surface area contributed by atoms with Crippen LogP contribution in [0.25, 0.3) is 0 Å². The van der Waals surface area contributed by atoms with Crippen LogP contribution in [0.2, 0.25) is 0 Å². The summed E-state index contributed by atoms with van der Waals surface area (Å²) in [7, 11) is 0. The van der Waals surface area contributed by atoms with Gasteiger partial charge >= 0.3 is 5.97 Å². The lowest BCUT2D eigenvalue weighted by Gasteiger charge is -2.35. The van der Waals surface area contributed by atoms with Gasteiger partial charge < -0.3 is 10.0 Å². The molecule has 0 saturated carbocycles. The lowest BCUT2D eigenvalue weighted by atomic mass is 9.93. The van der Waals surface area contributed by atoms with Crippen molar-refractivity contribution in [1.82, 2.24) is 9.80 Å². The minimum Gasteiger partial charge on any atom is -0.481 e. The van der Waals surface area contributed by atoms with E-state index < -0.39 is 5.97 Å². The van der Waals surface area contributed by atoms with Crippen LogP contribution in [0.4, 0.5) is 0 Å². The van der Waals surface area contributed by atoms with E-state index in [-0.39, 0.29) is 18.4 Å². The lowest BCUT2D eigenvalue weighted by Crippen LogP contribution is -2.46. The molecule has 1 aliphatic heterocycles. The quantitative estimate of drug-likeness (QED) is 0.786. The number of piperidine rings is 1. The average Bonchev–Trinajstić information content (AvgIpc) is 2.58. The van der Waals surface area contributed by atoms with Crippen molar-refractivity contribution in [2.45, 2.75) is 52.1 Å². The van der Waals surface area contributed by atoms with Crippen LogP contribution in [-0.2, 0) is 16.1 Å². The molecule has 25 heavy (non-hydrogen) atoms. The van der Waals surface area contributed by atoms with Gasteiger partial charge in [-0.05, 0) is 51.1 Å². The number of hydrogen-bond donors (Lipinski definition) is 1. The van der Waals surface area contributed by atoms with Crippen molar-refractivity contribution in [3.05, 3.63) is 35.9 Å². The SMILES string of the molecule is CC(C)N(Cc1ccccc1)C(=O)CN1CCCC(CCC(=O)O)C1. The van der Waals surface area contributed by atoms with Crippen LogP contribution in [0.3, 0.4) is 0 Å². The van der Waals surface area contributed by atoms with Crippen LogP contribution in [0, 0.1) is 5.92 Å². The molecule has 1 heterocycles. The number of nitrogens with zero attached hydrogens (tertiary/aromatic N) is 2. The molecule has 0 spiro atoms. The molecule has 2 rings (SSSR count). The molecule has 0 aromatic heterocycles. The first-order valence-corrected chi connectivity index (χ1v) is 9.23. The maximum atomic E-state index is 12.8. The summed E-state index contributed by atoms with van der Waals surface area (Å²) in [4.78, 5) is 27.7. The van der Waals surface area contributed by atoms with Crippen molar-refractivity contribution < 1.29 is 14.7 Å². The zero-order valence-corrected chi connectivity index (χ0v) is 15.4. The largest absolute Gasteiger partial charge is 0.481 e. The Morgan fingerprint density at radius 2 is 2.00 bits per heavy atom. The van der Waals surface area contributed by atoms with Crippen molar-refractivity contribution >= 4 is 11.9 Å². The van der Waals surface area contributed by atoms with E-state index in [2.05, 4.69) is 4.90 Å². The van der Waals surface area contributed by atoms with Gasteiger partial charge in [0, 0.05) is 25.6 Å². The molecule has 1 saturated heterocycles. The summed E-state index contributed by atoms with van der Waals surface area (Å²) in [5, 5.41) is 8.86. The van der Waals surface area contributed by atoms with E-state index in [0.29, 0.717) is 25.4 Å². The predicted molar refractivity (Wildman–Crippen MR) is 98.2 cm³/mol.